The molecule has 0 aromatic rings. The van der Waals surface area contributed by atoms with Crippen molar-refractivity contribution >= 4 is 11.8 Å². The molecule has 5 nitrogen and oxygen atoms in total. The van der Waals surface area contributed by atoms with Crippen molar-refractivity contribution < 1.29 is 9.59 Å². The Hall–Kier alpha value is -1.10. The van der Waals surface area contributed by atoms with Crippen LogP contribution >= 0.6 is 0 Å². The fourth-order valence-electron chi connectivity index (χ4n) is 2.79. The van der Waals surface area contributed by atoms with E-state index in [9.17, 15) is 9.59 Å². The standard InChI is InChI=1S/C14H25N3O2/c1-3-4-5-17-11-12(10-13(17)18)14(19)16-8-6-15(2)7-9-16/h12H,3-11H2,1-2H3/t12-/m0/s1. The van der Waals surface area contributed by atoms with E-state index in [-0.39, 0.29) is 17.7 Å². The highest BCUT2D eigenvalue weighted by atomic mass is 16.2. The highest BCUT2D eigenvalue weighted by Gasteiger charge is 2.36. The Kier molecular flexibility index (Phi) is 4.80. The third-order valence-electron chi connectivity index (χ3n) is 4.16. The Balaban J connectivity index is 1.85. The van der Waals surface area contributed by atoms with E-state index in [4.69, 9.17) is 0 Å². The lowest BCUT2D eigenvalue weighted by atomic mass is 10.1. The maximum absolute atomic E-state index is 12.4. The summed E-state index contributed by atoms with van der Waals surface area (Å²) in [6.45, 7) is 7.03. The maximum atomic E-state index is 12.4. The van der Waals surface area contributed by atoms with Crippen molar-refractivity contribution in [1.82, 2.24) is 14.7 Å². The first-order valence-corrected chi connectivity index (χ1v) is 7.37. The van der Waals surface area contributed by atoms with Gasteiger partial charge < -0.3 is 14.7 Å². The zero-order valence-corrected chi connectivity index (χ0v) is 12.1. The van der Waals surface area contributed by atoms with Crippen LogP contribution in [-0.4, -0.2) is 72.8 Å². The van der Waals surface area contributed by atoms with Crippen molar-refractivity contribution in [2.45, 2.75) is 26.2 Å². The second-order valence-corrected chi connectivity index (χ2v) is 5.72. The number of nitrogens with zero attached hydrogens (tertiary/aromatic N) is 3. The van der Waals surface area contributed by atoms with Crippen LogP contribution in [0.3, 0.4) is 0 Å². The molecule has 2 heterocycles. The van der Waals surface area contributed by atoms with Crippen LogP contribution in [0, 0.1) is 5.92 Å². The van der Waals surface area contributed by atoms with Crippen LogP contribution in [0.15, 0.2) is 0 Å². The molecule has 2 rings (SSSR count). The van der Waals surface area contributed by atoms with Gasteiger partial charge in [-0.15, -0.1) is 0 Å². The van der Waals surface area contributed by atoms with Gasteiger partial charge >= 0.3 is 0 Å². The number of carbonyl (C=O) groups excluding carboxylic acids is 2. The van der Waals surface area contributed by atoms with Crippen LogP contribution in [0.25, 0.3) is 0 Å². The Labute approximate surface area is 115 Å². The molecular weight excluding hydrogens is 242 g/mol. The lowest BCUT2D eigenvalue weighted by Crippen LogP contribution is -2.49. The molecule has 0 N–H and O–H groups in total. The van der Waals surface area contributed by atoms with Crippen molar-refractivity contribution in [1.29, 1.82) is 0 Å². The minimum Gasteiger partial charge on any atom is -0.342 e. The van der Waals surface area contributed by atoms with Crippen LogP contribution in [0.1, 0.15) is 26.2 Å². The summed E-state index contributed by atoms with van der Waals surface area (Å²) in [4.78, 5) is 30.3. The minimum absolute atomic E-state index is 0.104. The normalized spacial score (nSPS) is 25.2. The van der Waals surface area contributed by atoms with Crippen LogP contribution in [0.5, 0.6) is 0 Å². The molecule has 108 valence electrons. The van der Waals surface area contributed by atoms with Gasteiger partial charge in [-0.3, -0.25) is 9.59 Å². The van der Waals surface area contributed by atoms with Gasteiger partial charge in [0.15, 0.2) is 0 Å². The predicted molar refractivity (Wildman–Crippen MR) is 73.7 cm³/mol. The zero-order chi connectivity index (χ0) is 13.8. The van der Waals surface area contributed by atoms with Gasteiger partial charge in [-0.25, -0.2) is 0 Å². The second-order valence-electron chi connectivity index (χ2n) is 5.72. The summed E-state index contributed by atoms with van der Waals surface area (Å²) in [5.74, 6) is 0.231. The van der Waals surface area contributed by atoms with Gasteiger partial charge in [0.2, 0.25) is 11.8 Å². The van der Waals surface area contributed by atoms with Crippen molar-refractivity contribution in [3.63, 3.8) is 0 Å². The molecule has 0 unspecified atom stereocenters. The number of likely N-dealkylation sites (N-methyl/N-ethyl adjacent to an activating group) is 1. The van der Waals surface area contributed by atoms with Gasteiger partial charge in [-0.05, 0) is 13.5 Å². The van der Waals surface area contributed by atoms with Crippen molar-refractivity contribution in [2.75, 3.05) is 46.3 Å². The quantitative estimate of drug-likeness (QED) is 0.741. The molecule has 19 heavy (non-hydrogen) atoms. The van der Waals surface area contributed by atoms with Crippen molar-refractivity contribution in [3.05, 3.63) is 0 Å². The van der Waals surface area contributed by atoms with Gasteiger partial charge in [0.05, 0.1) is 5.92 Å². The largest absolute Gasteiger partial charge is 0.342 e. The Morgan fingerprint density at radius 2 is 1.95 bits per heavy atom. The summed E-state index contributed by atoms with van der Waals surface area (Å²) in [5.41, 5.74) is 0. The van der Waals surface area contributed by atoms with Gasteiger partial charge in [-0.2, -0.15) is 0 Å². The number of rotatable bonds is 4. The van der Waals surface area contributed by atoms with Gasteiger partial charge in [0.1, 0.15) is 0 Å². The molecule has 2 aliphatic heterocycles. The van der Waals surface area contributed by atoms with E-state index >= 15 is 0 Å². The first kappa shape index (κ1) is 14.3. The molecule has 0 radical (unpaired) electrons. The highest BCUT2D eigenvalue weighted by molar-refractivity contribution is 5.89. The van der Waals surface area contributed by atoms with Gasteiger partial charge in [0.25, 0.3) is 0 Å². The number of carbonyl (C=O) groups is 2. The molecule has 5 heteroatoms. The average Bonchev–Trinajstić information content (AvgIpc) is 2.78. The third-order valence-corrected chi connectivity index (χ3v) is 4.16. The summed E-state index contributed by atoms with van der Waals surface area (Å²) in [7, 11) is 2.08. The molecule has 0 spiro atoms. The lowest BCUT2D eigenvalue weighted by Gasteiger charge is -2.33. The number of hydrogen-bond acceptors (Lipinski definition) is 3. The molecule has 2 fully saturated rings. The Morgan fingerprint density at radius 3 is 2.58 bits per heavy atom. The van der Waals surface area contributed by atoms with E-state index in [1.807, 2.05) is 9.80 Å². The number of piperazine rings is 1. The molecule has 0 saturated carbocycles. The smallest absolute Gasteiger partial charge is 0.228 e. The molecule has 0 aromatic heterocycles. The van der Waals surface area contributed by atoms with E-state index in [2.05, 4.69) is 18.9 Å². The maximum Gasteiger partial charge on any atom is 0.228 e. The van der Waals surface area contributed by atoms with Crippen molar-refractivity contribution in [2.24, 2.45) is 5.92 Å². The first-order valence-electron chi connectivity index (χ1n) is 7.37. The van der Waals surface area contributed by atoms with Crippen molar-refractivity contribution in [3.8, 4) is 0 Å². The fraction of sp³-hybridized carbons (Fsp3) is 0.857. The van der Waals surface area contributed by atoms with E-state index in [0.29, 0.717) is 13.0 Å². The van der Waals surface area contributed by atoms with Crippen LogP contribution < -0.4 is 0 Å². The van der Waals surface area contributed by atoms with E-state index < -0.39 is 0 Å². The molecule has 0 aromatic carbocycles. The highest BCUT2D eigenvalue weighted by Crippen LogP contribution is 2.21. The first-order chi connectivity index (χ1) is 9.11. The van der Waals surface area contributed by atoms with E-state index in [0.717, 1.165) is 45.6 Å². The molecule has 2 amide bonds. The van der Waals surface area contributed by atoms with Gasteiger partial charge in [-0.1, -0.05) is 13.3 Å². The summed E-state index contributed by atoms with van der Waals surface area (Å²) in [5, 5.41) is 0. The van der Waals surface area contributed by atoms with Crippen LogP contribution in [0.2, 0.25) is 0 Å². The number of unbranched alkanes of at least 4 members (excludes halogenated alkanes) is 1. The Bertz CT molecular complexity index is 338. The molecule has 2 saturated heterocycles. The second kappa shape index (κ2) is 6.37. The monoisotopic (exact) mass is 267 g/mol. The molecule has 0 bridgehead atoms. The number of likely N-dealkylation sites (tertiary alicyclic amines) is 1. The SMILES string of the molecule is CCCCN1C[C@@H](C(=O)N2CCN(C)CC2)CC1=O. The van der Waals surface area contributed by atoms with E-state index in [1.54, 1.807) is 0 Å². The van der Waals surface area contributed by atoms with Gasteiger partial charge in [0, 0.05) is 45.7 Å². The zero-order valence-electron chi connectivity index (χ0n) is 12.1. The lowest BCUT2D eigenvalue weighted by molar-refractivity contribution is -0.137. The fourth-order valence-corrected chi connectivity index (χ4v) is 2.79. The Morgan fingerprint density at radius 1 is 1.26 bits per heavy atom. The molecule has 2 aliphatic rings. The molecular formula is C14H25N3O2. The van der Waals surface area contributed by atoms with Crippen LogP contribution in [-0.2, 0) is 9.59 Å². The van der Waals surface area contributed by atoms with Crippen LogP contribution in [0.4, 0.5) is 0 Å². The summed E-state index contributed by atoms with van der Waals surface area (Å²) >= 11 is 0. The predicted octanol–water partition coefficient (Wildman–Crippen LogP) is 0.409. The number of hydrogen-bond donors (Lipinski definition) is 0. The summed E-state index contributed by atoms with van der Waals surface area (Å²) in [6, 6.07) is 0. The third kappa shape index (κ3) is 3.47. The average molecular weight is 267 g/mol. The topological polar surface area (TPSA) is 43.9 Å². The van der Waals surface area contributed by atoms with E-state index in [1.165, 1.54) is 0 Å². The summed E-state index contributed by atoms with van der Waals surface area (Å²) < 4.78 is 0. The summed E-state index contributed by atoms with van der Waals surface area (Å²) in [6.07, 6.45) is 2.52. The minimum atomic E-state index is -0.104. The number of amides is 2. The molecule has 1 atom stereocenters. The molecule has 0 aliphatic carbocycles.